The van der Waals surface area contributed by atoms with Gasteiger partial charge in [0.05, 0.1) is 12.7 Å². The highest BCUT2D eigenvalue weighted by Gasteiger charge is 2.36. The Morgan fingerprint density at radius 2 is 1.79 bits per heavy atom. The van der Waals surface area contributed by atoms with Gasteiger partial charge in [-0.2, -0.15) is 13.2 Å². The molecule has 1 atom stereocenters. The summed E-state index contributed by atoms with van der Waals surface area (Å²) in [6.45, 7) is 0.0893. The van der Waals surface area contributed by atoms with Crippen LogP contribution in [-0.4, -0.2) is 29.4 Å². The molecule has 4 nitrogen and oxygen atoms in total. The molecule has 2 heterocycles. The van der Waals surface area contributed by atoms with Crippen molar-refractivity contribution in [1.82, 2.24) is 9.88 Å². The van der Waals surface area contributed by atoms with Crippen molar-refractivity contribution in [3.63, 3.8) is 0 Å². The third-order valence-corrected chi connectivity index (χ3v) is 6.58. The van der Waals surface area contributed by atoms with E-state index >= 15 is 4.39 Å². The smallest absolute Gasteiger partial charge is 0.416 e. The van der Waals surface area contributed by atoms with Crippen LogP contribution in [-0.2, 0) is 17.4 Å². The first kappa shape index (κ1) is 25.4. The number of halogens is 6. The monoisotopic (exact) mass is 530 g/mol. The number of methoxy groups -OCH3 is 1. The van der Waals surface area contributed by atoms with Crippen LogP contribution >= 0.6 is 0 Å². The molecule has 0 bridgehead atoms. The third kappa shape index (κ3) is 4.62. The summed E-state index contributed by atoms with van der Waals surface area (Å²) in [7, 11) is 1.51. The van der Waals surface area contributed by atoms with Gasteiger partial charge in [-0.3, -0.25) is 4.79 Å². The first-order chi connectivity index (χ1) is 18.1. The van der Waals surface area contributed by atoms with Crippen molar-refractivity contribution < 1.29 is 35.9 Å². The van der Waals surface area contributed by atoms with Gasteiger partial charge in [0.15, 0.2) is 11.6 Å². The Bertz CT molecular complexity index is 1570. The zero-order valence-corrected chi connectivity index (χ0v) is 19.9. The molecule has 1 amide bonds. The predicted octanol–water partition coefficient (Wildman–Crippen LogP) is 6.80. The average molecular weight is 530 g/mol. The van der Waals surface area contributed by atoms with Gasteiger partial charge < -0.3 is 14.6 Å². The lowest BCUT2D eigenvalue weighted by Crippen LogP contribution is -2.40. The maximum Gasteiger partial charge on any atom is 0.416 e. The molecular formula is C28H20F6N2O2. The van der Waals surface area contributed by atoms with Crippen LogP contribution in [0.5, 0.6) is 5.75 Å². The molecule has 0 saturated heterocycles. The highest BCUT2D eigenvalue weighted by molar-refractivity contribution is 5.93. The van der Waals surface area contributed by atoms with Crippen LogP contribution in [0.3, 0.4) is 0 Å². The minimum absolute atomic E-state index is 0.0893. The Balaban J connectivity index is 1.58. The molecule has 0 fully saturated rings. The summed E-state index contributed by atoms with van der Waals surface area (Å²) in [5, 5.41) is 0.777. The molecule has 38 heavy (non-hydrogen) atoms. The van der Waals surface area contributed by atoms with E-state index in [1.807, 2.05) is 0 Å². The molecule has 0 unspecified atom stereocenters. The fraction of sp³-hybridized carbons (Fsp3) is 0.179. The van der Waals surface area contributed by atoms with Crippen LogP contribution in [0, 0.1) is 17.5 Å². The molecule has 1 aromatic heterocycles. The second-order valence-corrected chi connectivity index (χ2v) is 8.86. The second kappa shape index (κ2) is 9.59. The Morgan fingerprint density at radius 1 is 1.03 bits per heavy atom. The fourth-order valence-electron chi connectivity index (χ4n) is 4.78. The molecule has 1 N–H and O–H groups in total. The summed E-state index contributed by atoms with van der Waals surface area (Å²) in [4.78, 5) is 17.8. The Hall–Kier alpha value is -4.21. The van der Waals surface area contributed by atoms with Crippen LogP contribution in [0.15, 0.2) is 60.7 Å². The van der Waals surface area contributed by atoms with Gasteiger partial charge in [0.1, 0.15) is 17.6 Å². The SMILES string of the molecule is COc1ccc2[nH]c3c(c2c1)CCN(C(=O)/C=C/c1cccc(C(F)(F)F)c1)[C@H]3c1cc(F)c(F)cc1F. The minimum atomic E-state index is -4.55. The largest absolute Gasteiger partial charge is 0.497 e. The van der Waals surface area contributed by atoms with Crippen molar-refractivity contribution in [2.75, 3.05) is 13.7 Å². The van der Waals surface area contributed by atoms with E-state index in [-0.39, 0.29) is 17.7 Å². The van der Waals surface area contributed by atoms with E-state index < -0.39 is 41.1 Å². The van der Waals surface area contributed by atoms with Crippen molar-refractivity contribution in [1.29, 1.82) is 0 Å². The van der Waals surface area contributed by atoms with Crippen molar-refractivity contribution >= 4 is 22.9 Å². The number of aromatic nitrogens is 1. The Kier molecular flexibility index (Phi) is 6.42. The molecule has 5 rings (SSSR count). The quantitative estimate of drug-likeness (QED) is 0.179. The van der Waals surface area contributed by atoms with Crippen LogP contribution in [0.2, 0.25) is 0 Å². The standard InChI is InChI=1S/C28H20F6N2O2/c1-38-17-6-7-24-19(12-17)18-9-10-36(25(37)8-5-15-3-2-4-16(11-15)28(32,33)34)27(26(18)35-24)20-13-22(30)23(31)14-21(20)29/h2-8,11-14,27,35H,9-10H2,1H3/b8-5+/t27-/m0/s1. The van der Waals surface area contributed by atoms with Crippen LogP contribution in [0.4, 0.5) is 26.3 Å². The number of ether oxygens (including phenoxy) is 1. The van der Waals surface area contributed by atoms with Gasteiger partial charge in [-0.05, 0) is 60.0 Å². The number of hydrogen-bond acceptors (Lipinski definition) is 2. The van der Waals surface area contributed by atoms with Gasteiger partial charge in [-0.1, -0.05) is 12.1 Å². The van der Waals surface area contributed by atoms with E-state index in [1.165, 1.54) is 30.2 Å². The molecule has 0 aliphatic carbocycles. The number of alkyl halides is 3. The number of carbonyl (C=O) groups is 1. The Labute approximate surface area is 213 Å². The highest BCUT2D eigenvalue weighted by atomic mass is 19.4. The molecule has 4 aromatic rings. The maximum atomic E-state index is 15.0. The number of nitrogens with zero attached hydrogens (tertiary/aromatic N) is 1. The summed E-state index contributed by atoms with van der Waals surface area (Å²) in [6, 6.07) is 9.69. The summed E-state index contributed by atoms with van der Waals surface area (Å²) >= 11 is 0. The lowest BCUT2D eigenvalue weighted by molar-refractivity contribution is -0.137. The molecule has 0 radical (unpaired) electrons. The Morgan fingerprint density at radius 3 is 2.53 bits per heavy atom. The first-order valence-electron chi connectivity index (χ1n) is 11.6. The van der Waals surface area contributed by atoms with Crippen LogP contribution < -0.4 is 4.74 Å². The van der Waals surface area contributed by atoms with Gasteiger partial charge in [-0.15, -0.1) is 0 Å². The third-order valence-electron chi connectivity index (χ3n) is 6.58. The van der Waals surface area contributed by atoms with Gasteiger partial charge in [0.25, 0.3) is 0 Å². The summed E-state index contributed by atoms with van der Waals surface area (Å²) in [5.41, 5.74) is 0.870. The average Bonchev–Trinajstić information content (AvgIpc) is 3.26. The van der Waals surface area contributed by atoms with E-state index in [1.54, 1.807) is 18.2 Å². The lowest BCUT2D eigenvalue weighted by atomic mass is 9.91. The number of amides is 1. The van der Waals surface area contributed by atoms with Crippen molar-refractivity contribution in [2.24, 2.45) is 0 Å². The van der Waals surface area contributed by atoms with E-state index in [9.17, 15) is 26.7 Å². The molecule has 0 spiro atoms. The van der Waals surface area contributed by atoms with Gasteiger partial charge in [-0.25, -0.2) is 13.2 Å². The number of fused-ring (bicyclic) bond motifs is 3. The number of benzene rings is 3. The number of aromatic amines is 1. The van der Waals surface area contributed by atoms with E-state index in [4.69, 9.17) is 4.74 Å². The van der Waals surface area contributed by atoms with E-state index in [0.29, 0.717) is 35.5 Å². The van der Waals surface area contributed by atoms with Crippen LogP contribution in [0.1, 0.15) is 34.0 Å². The molecule has 10 heteroatoms. The zero-order chi connectivity index (χ0) is 27.2. The molecule has 1 aliphatic rings. The number of nitrogens with one attached hydrogen (secondary N) is 1. The predicted molar refractivity (Wildman–Crippen MR) is 129 cm³/mol. The molecule has 0 saturated carbocycles. The first-order valence-corrected chi connectivity index (χ1v) is 11.6. The van der Waals surface area contributed by atoms with Crippen molar-refractivity contribution in [3.05, 3.63) is 106 Å². The van der Waals surface area contributed by atoms with E-state index in [0.717, 1.165) is 29.2 Å². The van der Waals surface area contributed by atoms with Crippen LogP contribution in [0.25, 0.3) is 17.0 Å². The summed E-state index contributed by atoms with van der Waals surface area (Å²) in [6.07, 6.45) is -1.89. The van der Waals surface area contributed by atoms with Gasteiger partial charge >= 0.3 is 6.18 Å². The number of H-pyrrole nitrogens is 1. The zero-order valence-electron chi connectivity index (χ0n) is 19.9. The second-order valence-electron chi connectivity index (χ2n) is 8.86. The number of rotatable bonds is 4. The van der Waals surface area contributed by atoms with Crippen molar-refractivity contribution in [3.8, 4) is 5.75 Å². The molecule has 196 valence electrons. The number of carbonyl (C=O) groups excluding carboxylic acids is 1. The molecular weight excluding hydrogens is 510 g/mol. The molecule has 3 aromatic carbocycles. The number of hydrogen-bond donors (Lipinski definition) is 1. The van der Waals surface area contributed by atoms with Gasteiger partial charge in [0, 0.05) is 40.8 Å². The summed E-state index contributed by atoms with van der Waals surface area (Å²) < 4.78 is 87.5. The fourth-order valence-corrected chi connectivity index (χ4v) is 4.78. The van der Waals surface area contributed by atoms with Gasteiger partial charge in [0.2, 0.25) is 5.91 Å². The maximum absolute atomic E-state index is 15.0. The molecule has 1 aliphatic heterocycles. The van der Waals surface area contributed by atoms with Crippen molar-refractivity contribution in [2.45, 2.75) is 18.6 Å². The lowest BCUT2D eigenvalue weighted by Gasteiger charge is -2.35. The highest BCUT2D eigenvalue weighted by Crippen LogP contribution is 2.41. The topological polar surface area (TPSA) is 45.3 Å². The minimum Gasteiger partial charge on any atom is -0.497 e. The van der Waals surface area contributed by atoms with E-state index in [2.05, 4.69) is 4.98 Å². The summed E-state index contributed by atoms with van der Waals surface area (Å²) in [5.74, 6) is -3.75. The normalized spacial score (nSPS) is 15.8.